The summed E-state index contributed by atoms with van der Waals surface area (Å²) in [7, 11) is 0. The van der Waals surface area contributed by atoms with Gasteiger partial charge < -0.3 is 4.74 Å². The van der Waals surface area contributed by atoms with E-state index in [1.54, 1.807) is 0 Å². The van der Waals surface area contributed by atoms with E-state index in [2.05, 4.69) is 11.8 Å². The minimum Gasteiger partial charge on any atom is -0.380 e. The molecule has 2 heterocycles. The third kappa shape index (κ3) is 1.06. The smallest absolute Gasteiger partial charge is 0.0622 e. The SMILES string of the molecule is CC1CN(C2CCOC2)C1. The van der Waals surface area contributed by atoms with Crippen LogP contribution < -0.4 is 0 Å². The fourth-order valence-corrected chi connectivity index (χ4v) is 1.86. The number of ether oxygens (including phenoxy) is 1. The Labute approximate surface area is 62.2 Å². The van der Waals surface area contributed by atoms with E-state index in [1.165, 1.54) is 19.5 Å². The van der Waals surface area contributed by atoms with Gasteiger partial charge in [-0.15, -0.1) is 0 Å². The van der Waals surface area contributed by atoms with Gasteiger partial charge in [-0.25, -0.2) is 0 Å². The lowest BCUT2D eigenvalue weighted by atomic mass is 10.00. The zero-order valence-corrected chi connectivity index (χ0v) is 6.55. The highest BCUT2D eigenvalue weighted by atomic mass is 16.5. The second kappa shape index (κ2) is 2.51. The first-order valence-electron chi connectivity index (χ1n) is 4.18. The molecule has 58 valence electrons. The van der Waals surface area contributed by atoms with Crippen LogP contribution in [0.3, 0.4) is 0 Å². The molecule has 2 aliphatic heterocycles. The van der Waals surface area contributed by atoms with Crippen LogP contribution in [-0.4, -0.2) is 37.2 Å². The summed E-state index contributed by atoms with van der Waals surface area (Å²) in [6.07, 6.45) is 1.26. The Morgan fingerprint density at radius 3 is 2.70 bits per heavy atom. The van der Waals surface area contributed by atoms with Gasteiger partial charge in [-0.1, -0.05) is 6.92 Å². The molecule has 2 saturated heterocycles. The lowest BCUT2D eigenvalue weighted by Gasteiger charge is -2.40. The Kier molecular flexibility index (Phi) is 1.66. The Morgan fingerprint density at radius 2 is 2.20 bits per heavy atom. The number of hydrogen-bond donors (Lipinski definition) is 0. The van der Waals surface area contributed by atoms with Crippen molar-refractivity contribution in [1.82, 2.24) is 4.90 Å². The molecule has 2 heteroatoms. The van der Waals surface area contributed by atoms with Crippen molar-refractivity contribution in [2.75, 3.05) is 26.3 Å². The van der Waals surface area contributed by atoms with Gasteiger partial charge in [0.05, 0.1) is 6.61 Å². The van der Waals surface area contributed by atoms with Crippen molar-refractivity contribution in [3.05, 3.63) is 0 Å². The number of likely N-dealkylation sites (tertiary alicyclic amines) is 1. The average Bonchev–Trinajstić information content (AvgIpc) is 2.31. The quantitative estimate of drug-likeness (QED) is 0.533. The minimum absolute atomic E-state index is 0.760. The summed E-state index contributed by atoms with van der Waals surface area (Å²) in [4.78, 5) is 2.54. The molecule has 1 atom stereocenters. The number of hydrogen-bond acceptors (Lipinski definition) is 2. The first-order valence-corrected chi connectivity index (χ1v) is 4.18. The Morgan fingerprint density at radius 1 is 1.40 bits per heavy atom. The second-order valence-electron chi connectivity index (χ2n) is 3.58. The predicted molar refractivity (Wildman–Crippen MR) is 40.0 cm³/mol. The Hall–Kier alpha value is -0.0800. The Bertz CT molecular complexity index is 114. The van der Waals surface area contributed by atoms with E-state index in [9.17, 15) is 0 Å². The van der Waals surface area contributed by atoms with Crippen molar-refractivity contribution >= 4 is 0 Å². The highest BCUT2D eigenvalue weighted by Crippen LogP contribution is 2.22. The van der Waals surface area contributed by atoms with Crippen molar-refractivity contribution in [1.29, 1.82) is 0 Å². The van der Waals surface area contributed by atoms with Crippen molar-refractivity contribution < 1.29 is 4.74 Å². The fourth-order valence-electron chi connectivity index (χ4n) is 1.86. The standard InChI is InChI=1S/C8H15NO/c1-7-4-9(5-7)8-2-3-10-6-8/h7-8H,2-6H2,1H3. The zero-order chi connectivity index (χ0) is 6.97. The van der Waals surface area contributed by atoms with E-state index in [0.29, 0.717) is 0 Å². The molecule has 0 radical (unpaired) electrons. The maximum absolute atomic E-state index is 5.31. The van der Waals surface area contributed by atoms with Gasteiger partial charge in [0, 0.05) is 25.7 Å². The molecule has 2 nitrogen and oxygen atoms in total. The van der Waals surface area contributed by atoms with Crippen LogP contribution in [0.4, 0.5) is 0 Å². The molecular weight excluding hydrogens is 126 g/mol. The molecule has 0 amide bonds. The van der Waals surface area contributed by atoms with Gasteiger partial charge in [-0.3, -0.25) is 4.90 Å². The van der Waals surface area contributed by atoms with Crippen LogP contribution in [0.25, 0.3) is 0 Å². The molecule has 0 spiro atoms. The molecule has 10 heavy (non-hydrogen) atoms. The summed E-state index contributed by atoms with van der Waals surface area (Å²) in [5.41, 5.74) is 0. The maximum atomic E-state index is 5.31. The van der Waals surface area contributed by atoms with E-state index in [-0.39, 0.29) is 0 Å². The maximum Gasteiger partial charge on any atom is 0.0622 e. The minimum atomic E-state index is 0.760. The molecule has 2 fully saturated rings. The average molecular weight is 141 g/mol. The third-order valence-corrected chi connectivity index (χ3v) is 2.51. The van der Waals surface area contributed by atoms with Crippen LogP contribution in [0, 0.1) is 5.92 Å². The fraction of sp³-hybridized carbons (Fsp3) is 1.00. The molecular formula is C8H15NO. The Balaban J connectivity index is 1.78. The zero-order valence-electron chi connectivity index (χ0n) is 6.55. The molecule has 0 aliphatic carbocycles. The monoisotopic (exact) mass is 141 g/mol. The van der Waals surface area contributed by atoms with Crippen LogP contribution in [0.1, 0.15) is 13.3 Å². The third-order valence-electron chi connectivity index (χ3n) is 2.51. The van der Waals surface area contributed by atoms with Crippen LogP contribution in [-0.2, 0) is 4.74 Å². The van der Waals surface area contributed by atoms with E-state index in [4.69, 9.17) is 4.74 Å². The highest BCUT2D eigenvalue weighted by molar-refractivity contribution is 4.84. The normalized spacial score (nSPS) is 36.3. The molecule has 0 aromatic heterocycles. The summed E-state index contributed by atoms with van der Waals surface area (Å²) in [6.45, 7) is 6.87. The molecule has 2 rings (SSSR count). The van der Waals surface area contributed by atoms with Gasteiger partial charge >= 0.3 is 0 Å². The highest BCUT2D eigenvalue weighted by Gasteiger charge is 2.31. The van der Waals surface area contributed by atoms with E-state index in [1.807, 2.05) is 0 Å². The number of rotatable bonds is 1. The molecule has 0 saturated carbocycles. The van der Waals surface area contributed by atoms with Crippen LogP contribution in [0.15, 0.2) is 0 Å². The predicted octanol–water partition coefficient (Wildman–Crippen LogP) is 0.727. The van der Waals surface area contributed by atoms with Gasteiger partial charge in [0.15, 0.2) is 0 Å². The van der Waals surface area contributed by atoms with Crippen molar-refractivity contribution in [3.8, 4) is 0 Å². The van der Waals surface area contributed by atoms with E-state index in [0.717, 1.165) is 25.2 Å². The molecule has 0 bridgehead atoms. The van der Waals surface area contributed by atoms with Crippen LogP contribution in [0.5, 0.6) is 0 Å². The molecule has 2 aliphatic rings. The summed E-state index contributed by atoms with van der Waals surface area (Å²) in [6, 6.07) is 0.760. The summed E-state index contributed by atoms with van der Waals surface area (Å²) in [5, 5.41) is 0. The summed E-state index contributed by atoms with van der Waals surface area (Å²) >= 11 is 0. The topological polar surface area (TPSA) is 12.5 Å². The van der Waals surface area contributed by atoms with Crippen LogP contribution >= 0.6 is 0 Å². The van der Waals surface area contributed by atoms with Gasteiger partial charge in [-0.05, 0) is 12.3 Å². The first kappa shape index (κ1) is 6.62. The van der Waals surface area contributed by atoms with Crippen LogP contribution in [0.2, 0.25) is 0 Å². The van der Waals surface area contributed by atoms with Gasteiger partial charge in [0.25, 0.3) is 0 Å². The lowest BCUT2D eigenvalue weighted by Crippen LogP contribution is -2.51. The van der Waals surface area contributed by atoms with Crippen molar-refractivity contribution in [3.63, 3.8) is 0 Å². The van der Waals surface area contributed by atoms with Crippen molar-refractivity contribution in [2.45, 2.75) is 19.4 Å². The first-order chi connectivity index (χ1) is 4.86. The summed E-state index contributed by atoms with van der Waals surface area (Å²) < 4.78 is 5.31. The largest absolute Gasteiger partial charge is 0.380 e. The molecule has 0 aromatic rings. The van der Waals surface area contributed by atoms with Crippen molar-refractivity contribution in [2.24, 2.45) is 5.92 Å². The molecule has 0 N–H and O–H groups in total. The van der Waals surface area contributed by atoms with Gasteiger partial charge in [0.2, 0.25) is 0 Å². The van der Waals surface area contributed by atoms with Gasteiger partial charge in [-0.2, -0.15) is 0 Å². The van der Waals surface area contributed by atoms with E-state index >= 15 is 0 Å². The van der Waals surface area contributed by atoms with Gasteiger partial charge in [0.1, 0.15) is 0 Å². The summed E-state index contributed by atoms with van der Waals surface area (Å²) in [5.74, 6) is 0.931. The second-order valence-corrected chi connectivity index (χ2v) is 3.58. The molecule has 0 aromatic carbocycles. The molecule has 1 unspecified atom stereocenters. The van der Waals surface area contributed by atoms with E-state index < -0.39 is 0 Å². The number of nitrogens with zero attached hydrogens (tertiary/aromatic N) is 1. The lowest BCUT2D eigenvalue weighted by molar-refractivity contribution is 0.0536.